The highest BCUT2D eigenvalue weighted by molar-refractivity contribution is 5.42. The highest BCUT2D eigenvalue weighted by atomic mass is 16.5. The molecular formula is C17H27NO2. The molecule has 3 atom stereocenters. The van der Waals surface area contributed by atoms with Crippen LogP contribution in [0.4, 0.5) is 0 Å². The van der Waals surface area contributed by atoms with Gasteiger partial charge in [0.1, 0.15) is 11.5 Å². The maximum absolute atomic E-state index is 6.26. The van der Waals surface area contributed by atoms with E-state index in [0.717, 1.165) is 35.8 Å². The van der Waals surface area contributed by atoms with Crippen molar-refractivity contribution < 1.29 is 9.47 Å². The smallest absolute Gasteiger partial charge is 0.128 e. The zero-order valence-corrected chi connectivity index (χ0v) is 12.9. The van der Waals surface area contributed by atoms with Crippen LogP contribution >= 0.6 is 0 Å². The molecule has 0 saturated heterocycles. The van der Waals surface area contributed by atoms with Gasteiger partial charge in [-0.05, 0) is 38.2 Å². The molecule has 3 nitrogen and oxygen atoms in total. The molecule has 1 saturated carbocycles. The van der Waals surface area contributed by atoms with Crippen molar-refractivity contribution in [1.82, 2.24) is 0 Å². The first-order valence-electron chi connectivity index (χ1n) is 7.74. The highest BCUT2D eigenvalue weighted by Gasteiger charge is 2.23. The minimum Gasteiger partial charge on any atom is -0.497 e. The summed E-state index contributed by atoms with van der Waals surface area (Å²) in [6.45, 7) is 4.26. The monoisotopic (exact) mass is 277 g/mol. The number of nitrogens with two attached hydrogens (primary N) is 1. The standard InChI is InChI=1S/C17H27NO2/c1-4-13-6-5-7-15(10-13)20-17-11-14(19-3)8-9-16(17)12(2)18/h8-9,11-13,15H,4-7,10,18H2,1-3H3/t12-,13?,15?/m1/s1. The van der Waals surface area contributed by atoms with Crippen LogP contribution in [0.2, 0.25) is 0 Å². The lowest BCUT2D eigenvalue weighted by Gasteiger charge is -2.30. The molecule has 1 aliphatic rings. The van der Waals surface area contributed by atoms with Gasteiger partial charge < -0.3 is 15.2 Å². The van der Waals surface area contributed by atoms with Crippen LogP contribution < -0.4 is 15.2 Å². The molecule has 0 bridgehead atoms. The summed E-state index contributed by atoms with van der Waals surface area (Å²) in [7, 11) is 1.68. The molecule has 20 heavy (non-hydrogen) atoms. The average molecular weight is 277 g/mol. The van der Waals surface area contributed by atoms with Crippen molar-refractivity contribution in [3.05, 3.63) is 23.8 Å². The van der Waals surface area contributed by atoms with Crippen molar-refractivity contribution in [1.29, 1.82) is 0 Å². The molecule has 1 aromatic rings. The normalized spacial score (nSPS) is 24.2. The quantitative estimate of drug-likeness (QED) is 0.882. The lowest BCUT2D eigenvalue weighted by molar-refractivity contribution is 0.120. The first kappa shape index (κ1) is 15.2. The first-order valence-corrected chi connectivity index (χ1v) is 7.74. The Morgan fingerprint density at radius 1 is 1.35 bits per heavy atom. The average Bonchev–Trinajstić information content (AvgIpc) is 2.47. The SMILES string of the molecule is CCC1CCCC(Oc2cc(OC)ccc2[C@@H](C)N)C1. The van der Waals surface area contributed by atoms with Crippen molar-refractivity contribution in [3.8, 4) is 11.5 Å². The van der Waals surface area contributed by atoms with Gasteiger partial charge in [-0.1, -0.05) is 25.8 Å². The van der Waals surface area contributed by atoms with Crippen molar-refractivity contribution in [2.24, 2.45) is 11.7 Å². The third kappa shape index (κ3) is 3.66. The summed E-state index contributed by atoms with van der Waals surface area (Å²) < 4.78 is 11.6. The Bertz CT molecular complexity index is 431. The Hall–Kier alpha value is -1.22. The summed E-state index contributed by atoms with van der Waals surface area (Å²) in [6.07, 6.45) is 6.48. The van der Waals surface area contributed by atoms with Gasteiger partial charge in [0.15, 0.2) is 0 Å². The number of benzene rings is 1. The zero-order chi connectivity index (χ0) is 14.5. The third-order valence-electron chi connectivity index (χ3n) is 4.32. The highest BCUT2D eigenvalue weighted by Crippen LogP contribution is 2.34. The zero-order valence-electron chi connectivity index (χ0n) is 12.9. The van der Waals surface area contributed by atoms with Gasteiger partial charge >= 0.3 is 0 Å². The number of hydrogen-bond donors (Lipinski definition) is 1. The van der Waals surface area contributed by atoms with Crippen LogP contribution in [0.5, 0.6) is 11.5 Å². The molecular weight excluding hydrogens is 250 g/mol. The van der Waals surface area contributed by atoms with Crippen molar-refractivity contribution in [2.45, 2.75) is 58.1 Å². The van der Waals surface area contributed by atoms with Crippen LogP contribution in [0.25, 0.3) is 0 Å². The van der Waals surface area contributed by atoms with E-state index in [2.05, 4.69) is 6.92 Å². The minimum atomic E-state index is -0.0264. The number of methoxy groups -OCH3 is 1. The van der Waals surface area contributed by atoms with Gasteiger partial charge in [-0.15, -0.1) is 0 Å². The van der Waals surface area contributed by atoms with Gasteiger partial charge in [0, 0.05) is 17.7 Å². The summed E-state index contributed by atoms with van der Waals surface area (Å²) in [5.74, 6) is 2.52. The molecule has 1 aromatic carbocycles. The van der Waals surface area contributed by atoms with Gasteiger partial charge in [0.05, 0.1) is 13.2 Å². The van der Waals surface area contributed by atoms with Gasteiger partial charge in [-0.25, -0.2) is 0 Å². The van der Waals surface area contributed by atoms with Crippen LogP contribution in [0.15, 0.2) is 18.2 Å². The van der Waals surface area contributed by atoms with E-state index in [9.17, 15) is 0 Å². The molecule has 0 spiro atoms. The maximum Gasteiger partial charge on any atom is 0.128 e. The third-order valence-corrected chi connectivity index (χ3v) is 4.32. The number of ether oxygens (including phenoxy) is 2. The molecule has 1 aliphatic carbocycles. The lowest BCUT2D eigenvalue weighted by atomic mass is 9.85. The number of rotatable bonds is 5. The second-order valence-corrected chi connectivity index (χ2v) is 5.87. The Balaban J connectivity index is 2.14. The molecule has 1 fully saturated rings. The van der Waals surface area contributed by atoms with Crippen molar-refractivity contribution >= 4 is 0 Å². The van der Waals surface area contributed by atoms with E-state index in [4.69, 9.17) is 15.2 Å². The van der Waals surface area contributed by atoms with E-state index in [1.807, 2.05) is 25.1 Å². The summed E-state index contributed by atoms with van der Waals surface area (Å²) in [5, 5.41) is 0. The predicted molar refractivity (Wildman–Crippen MR) is 82.3 cm³/mol. The molecule has 0 heterocycles. The van der Waals surface area contributed by atoms with Gasteiger partial charge in [-0.3, -0.25) is 0 Å². The molecule has 0 radical (unpaired) electrons. The Morgan fingerprint density at radius 2 is 2.15 bits per heavy atom. The van der Waals surface area contributed by atoms with Crippen molar-refractivity contribution in [2.75, 3.05) is 7.11 Å². The second-order valence-electron chi connectivity index (χ2n) is 5.87. The fourth-order valence-electron chi connectivity index (χ4n) is 3.02. The molecule has 2 unspecified atom stereocenters. The van der Waals surface area contributed by atoms with E-state index in [1.165, 1.54) is 19.3 Å². The van der Waals surface area contributed by atoms with Crippen molar-refractivity contribution in [3.63, 3.8) is 0 Å². The van der Waals surface area contributed by atoms with E-state index < -0.39 is 0 Å². The Morgan fingerprint density at radius 3 is 2.80 bits per heavy atom. The summed E-state index contributed by atoms with van der Waals surface area (Å²) >= 11 is 0. The summed E-state index contributed by atoms with van der Waals surface area (Å²) in [4.78, 5) is 0. The maximum atomic E-state index is 6.26. The topological polar surface area (TPSA) is 44.5 Å². The fraction of sp³-hybridized carbons (Fsp3) is 0.647. The molecule has 112 valence electrons. The molecule has 2 N–H and O–H groups in total. The minimum absolute atomic E-state index is 0.0264. The van der Waals surface area contributed by atoms with E-state index in [-0.39, 0.29) is 6.04 Å². The van der Waals surface area contributed by atoms with Gasteiger partial charge in [-0.2, -0.15) is 0 Å². The van der Waals surface area contributed by atoms with E-state index in [0.29, 0.717) is 6.10 Å². The van der Waals surface area contributed by atoms with Crippen LogP contribution in [-0.2, 0) is 0 Å². The largest absolute Gasteiger partial charge is 0.497 e. The van der Waals surface area contributed by atoms with Crippen LogP contribution in [0, 0.1) is 5.92 Å². The lowest BCUT2D eigenvalue weighted by Crippen LogP contribution is -2.26. The predicted octanol–water partition coefficient (Wildman–Crippen LogP) is 4.06. The second kappa shape index (κ2) is 6.98. The van der Waals surface area contributed by atoms with E-state index in [1.54, 1.807) is 7.11 Å². The summed E-state index contributed by atoms with van der Waals surface area (Å²) in [5.41, 5.74) is 7.10. The molecule has 0 aromatic heterocycles. The van der Waals surface area contributed by atoms with Crippen LogP contribution in [0.1, 0.15) is 57.6 Å². The first-order chi connectivity index (χ1) is 9.63. The molecule has 0 amide bonds. The van der Waals surface area contributed by atoms with Crippen LogP contribution in [-0.4, -0.2) is 13.2 Å². The molecule has 3 heteroatoms. The molecule has 0 aliphatic heterocycles. The summed E-state index contributed by atoms with van der Waals surface area (Å²) in [6, 6.07) is 5.90. The fourth-order valence-corrected chi connectivity index (χ4v) is 3.02. The Labute approximate surface area is 122 Å². The van der Waals surface area contributed by atoms with E-state index >= 15 is 0 Å². The number of hydrogen-bond acceptors (Lipinski definition) is 3. The Kier molecular flexibility index (Phi) is 5.30. The van der Waals surface area contributed by atoms with Crippen LogP contribution in [0.3, 0.4) is 0 Å². The molecule has 2 rings (SSSR count). The van der Waals surface area contributed by atoms with Gasteiger partial charge in [0.25, 0.3) is 0 Å². The van der Waals surface area contributed by atoms with Gasteiger partial charge in [0.2, 0.25) is 0 Å².